The highest BCUT2D eigenvalue weighted by molar-refractivity contribution is 5.84. The van der Waals surface area contributed by atoms with Gasteiger partial charge in [0.2, 0.25) is 0 Å². The molecule has 0 amide bonds. The number of methoxy groups -OCH3 is 2. The Bertz CT molecular complexity index is 1570. The molecule has 0 bridgehead atoms. The smallest absolute Gasteiger partial charge is 0.311 e. The van der Waals surface area contributed by atoms with Gasteiger partial charge < -0.3 is 53.4 Å². The Balaban J connectivity index is 1.60. The standard InChI is InChI=1S/C44H73N3O12/c1-23-20-43(9,54-14)38(59-41-33(46(10)11)31(19-24(2)55-41)47(12)22-30-17-15-16-18-45-30)26(4)35(57-32-21-42(8,53-13)37(50)29(7)56-32)27(5)40(51)58-39-28(6)44(39,52)36(49)25(3)34(23)48/h15-18,23-29,31-33,35-39,41,49-50,52H,19-22H2,1-14H3/t23-,24-,25+,26+,27-,28?,29+,31-,32+,33+,35+,36-,37+,38-,39-,41+,42-,43+,44+/m1/s1. The van der Waals surface area contributed by atoms with Gasteiger partial charge in [-0.1, -0.05) is 33.8 Å². The molecule has 1 saturated carbocycles. The number of ketones is 1. The number of rotatable bonds is 10. The van der Waals surface area contributed by atoms with Gasteiger partial charge in [-0.15, -0.1) is 0 Å². The highest BCUT2D eigenvalue weighted by Gasteiger charge is 2.70. The lowest BCUT2D eigenvalue weighted by atomic mass is 9.75. The maximum Gasteiger partial charge on any atom is 0.311 e. The SMILES string of the molecule is CO[C@]1(C)C[C@H](O[C@H]2[C@H](C)[C@@H](O[C@@H]3O[C@H](C)C[C@@H](N(C)Cc4ccccn4)[C@@H]3N(C)C)[C@@](C)(OC)C[C@@H](C)C(=O)[C@H](C)[C@@H](O)[C@@]3(O)C(C)[C@H]3OC(=O)[C@@H]2C)O[C@@H](C)[C@@H]1O. The normalized spacial score (nSPS) is 46.4. The van der Waals surface area contributed by atoms with Crippen LogP contribution in [0.25, 0.3) is 0 Å². The summed E-state index contributed by atoms with van der Waals surface area (Å²) in [5, 5.41) is 34.2. The van der Waals surface area contributed by atoms with Crippen molar-refractivity contribution >= 4 is 11.8 Å². The Labute approximate surface area is 351 Å². The van der Waals surface area contributed by atoms with Crippen LogP contribution in [-0.2, 0) is 49.3 Å². The number of aliphatic hydroxyl groups is 3. The van der Waals surface area contributed by atoms with Crippen LogP contribution in [0.4, 0.5) is 0 Å². The Morgan fingerprint density at radius 2 is 1.54 bits per heavy atom. The van der Waals surface area contributed by atoms with Crippen LogP contribution >= 0.6 is 0 Å². The Hall–Kier alpha value is -2.15. The fourth-order valence-electron chi connectivity index (χ4n) is 10.2. The van der Waals surface area contributed by atoms with Crippen molar-refractivity contribution in [3.63, 3.8) is 0 Å². The molecule has 5 rings (SSSR count). The van der Waals surface area contributed by atoms with Crippen LogP contribution in [0.2, 0.25) is 0 Å². The molecule has 0 spiro atoms. The van der Waals surface area contributed by atoms with E-state index in [1.165, 1.54) is 7.11 Å². The maximum atomic E-state index is 14.3. The number of hydrogen-bond acceptors (Lipinski definition) is 15. The third-order valence-electron chi connectivity index (χ3n) is 14.3. The Kier molecular flexibility index (Phi) is 15.2. The molecule has 0 aromatic carbocycles. The molecule has 0 radical (unpaired) electrons. The van der Waals surface area contributed by atoms with Crippen molar-refractivity contribution in [1.29, 1.82) is 0 Å². The third kappa shape index (κ3) is 9.61. The molecule has 15 heteroatoms. The summed E-state index contributed by atoms with van der Waals surface area (Å²) in [7, 11) is 9.16. The van der Waals surface area contributed by atoms with Gasteiger partial charge in [0.1, 0.15) is 23.6 Å². The first-order chi connectivity index (χ1) is 27.5. The number of aliphatic hydroxyl groups excluding tert-OH is 2. The second kappa shape index (κ2) is 18.7. The summed E-state index contributed by atoms with van der Waals surface area (Å²) in [6, 6.07) is 5.57. The molecule has 1 aromatic heterocycles. The maximum absolute atomic E-state index is 14.3. The number of carbonyl (C=O) groups is 2. The van der Waals surface area contributed by atoms with E-state index in [-0.39, 0.29) is 36.8 Å². The van der Waals surface area contributed by atoms with Crippen molar-refractivity contribution in [3.8, 4) is 0 Å². The van der Waals surface area contributed by atoms with Crippen molar-refractivity contribution in [3.05, 3.63) is 30.1 Å². The molecule has 19 atom stereocenters. The predicted octanol–water partition coefficient (Wildman–Crippen LogP) is 3.19. The van der Waals surface area contributed by atoms with E-state index in [1.807, 2.05) is 53.1 Å². The minimum atomic E-state index is -1.80. The van der Waals surface area contributed by atoms with Gasteiger partial charge >= 0.3 is 5.97 Å². The van der Waals surface area contributed by atoms with E-state index in [4.69, 9.17) is 33.2 Å². The van der Waals surface area contributed by atoms with Crippen molar-refractivity contribution in [2.45, 2.75) is 172 Å². The number of carbonyl (C=O) groups excluding carboxylic acids is 2. The molecule has 1 unspecified atom stereocenters. The van der Waals surface area contributed by atoms with Gasteiger partial charge in [0.05, 0.1) is 59.4 Å². The van der Waals surface area contributed by atoms with Gasteiger partial charge in [0.25, 0.3) is 0 Å². The lowest BCUT2D eigenvalue weighted by molar-refractivity contribution is -0.314. The van der Waals surface area contributed by atoms with Gasteiger partial charge in [-0.25, -0.2) is 0 Å². The number of ether oxygens (including phenoxy) is 7. The summed E-state index contributed by atoms with van der Waals surface area (Å²) >= 11 is 0. The molecule has 336 valence electrons. The van der Waals surface area contributed by atoms with Gasteiger partial charge in [0, 0.05) is 63.1 Å². The number of fused-ring (bicyclic) bond motifs is 1. The molecule has 3 N–H and O–H groups in total. The summed E-state index contributed by atoms with van der Waals surface area (Å²) in [6.07, 6.45) is -5.05. The van der Waals surface area contributed by atoms with Crippen LogP contribution in [0, 0.1) is 29.6 Å². The van der Waals surface area contributed by atoms with Crippen LogP contribution in [0.1, 0.15) is 87.3 Å². The molecule has 3 saturated heterocycles. The van der Waals surface area contributed by atoms with E-state index in [2.05, 4.69) is 21.8 Å². The fourth-order valence-corrected chi connectivity index (χ4v) is 10.2. The Morgan fingerprint density at radius 1 is 0.881 bits per heavy atom. The highest BCUT2D eigenvalue weighted by Crippen LogP contribution is 2.51. The molecule has 4 fully saturated rings. The first kappa shape index (κ1) is 47.9. The quantitative estimate of drug-likeness (QED) is 0.293. The van der Waals surface area contributed by atoms with Crippen LogP contribution < -0.4 is 0 Å². The summed E-state index contributed by atoms with van der Waals surface area (Å²) in [5.74, 6) is -4.78. The second-order valence-electron chi connectivity index (χ2n) is 18.8. The molecular weight excluding hydrogens is 762 g/mol. The number of hydrogen-bond donors (Lipinski definition) is 3. The number of likely N-dealkylation sites (N-methyl/N-ethyl adjacent to an activating group) is 2. The largest absolute Gasteiger partial charge is 0.458 e. The van der Waals surface area contributed by atoms with Crippen molar-refractivity contribution < 1.29 is 58.1 Å². The number of pyridine rings is 1. The van der Waals surface area contributed by atoms with Gasteiger partial charge in [0.15, 0.2) is 12.6 Å². The average molecular weight is 836 g/mol. The predicted molar refractivity (Wildman–Crippen MR) is 218 cm³/mol. The van der Waals surface area contributed by atoms with Gasteiger partial charge in [-0.2, -0.15) is 0 Å². The summed E-state index contributed by atoms with van der Waals surface area (Å²) in [6.45, 7) is 16.8. The summed E-state index contributed by atoms with van der Waals surface area (Å²) in [4.78, 5) is 37.4. The first-order valence-corrected chi connectivity index (χ1v) is 21.4. The minimum absolute atomic E-state index is 0.0262. The third-order valence-corrected chi connectivity index (χ3v) is 14.3. The van der Waals surface area contributed by atoms with Crippen LogP contribution in [0.15, 0.2) is 24.4 Å². The lowest BCUT2D eigenvalue weighted by Gasteiger charge is -2.51. The first-order valence-electron chi connectivity index (χ1n) is 21.4. The van der Waals surface area contributed by atoms with Gasteiger partial charge in [-0.3, -0.25) is 19.5 Å². The van der Waals surface area contributed by atoms with Crippen molar-refractivity contribution in [2.24, 2.45) is 29.6 Å². The molecule has 1 aliphatic carbocycles. The van der Waals surface area contributed by atoms with Crippen LogP contribution in [0.3, 0.4) is 0 Å². The average Bonchev–Trinajstić information content (AvgIpc) is 3.72. The van der Waals surface area contributed by atoms with Gasteiger partial charge in [-0.05, 0) is 80.7 Å². The van der Waals surface area contributed by atoms with E-state index in [0.717, 1.165) is 12.1 Å². The van der Waals surface area contributed by atoms with Crippen LogP contribution in [0.5, 0.6) is 0 Å². The molecule has 15 nitrogen and oxygen atoms in total. The zero-order chi connectivity index (χ0) is 43.9. The van der Waals surface area contributed by atoms with E-state index in [9.17, 15) is 24.9 Å². The zero-order valence-corrected chi connectivity index (χ0v) is 37.7. The molecular formula is C44H73N3O12. The Morgan fingerprint density at radius 3 is 2.14 bits per heavy atom. The number of esters is 1. The number of Topliss-reactive ketones (excluding diaryl/α,β-unsaturated/α-hetero) is 1. The van der Waals surface area contributed by atoms with E-state index < -0.39 is 102 Å². The topological polar surface area (TPSA) is 179 Å². The zero-order valence-electron chi connectivity index (χ0n) is 37.7. The molecule has 4 aliphatic rings. The summed E-state index contributed by atoms with van der Waals surface area (Å²) < 4.78 is 45.4. The monoisotopic (exact) mass is 836 g/mol. The minimum Gasteiger partial charge on any atom is -0.458 e. The fraction of sp³-hybridized carbons (Fsp3) is 0.841. The van der Waals surface area contributed by atoms with E-state index in [0.29, 0.717) is 6.54 Å². The number of nitrogens with zero attached hydrogens (tertiary/aromatic N) is 3. The van der Waals surface area contributed by atoms with Crippen molar-refractivity contribution in [2.75, 3.05) is 35.4 Å². The second-order valence-corrected chi connectivity index (χ2v) is 18.8. The summed E-state index contributed by atoms with van der Waals surface area (Å²) in [5.41, 5.74) is -3.08. The molecule has 3 aliphatic heterocycles. The highest BCUT2D eigenvalue weighted by atomic mass is 16.7. The van der Waals surface area contributed by atoms with E-state index in [1.54, 1.807) is 54.8 Å². The lowest BCUT2D eigenvalue weighted by Crippen LogP contribution is -2.63. The van der Waals surface area contributed by atoms with E-state index >= 15 is 0 Å². The molecule has 59 heavy (non-hydrogen) atoms. The molecule has 1 aromatic rings. The van der Waals surface area contributed by atoms with Crippen LogP contribution in [-0.4, -0.2) is 161 Å². The molecule has 4 heterocycles. The van der Waals surface area contributed by atoms with Crippen molar-refractivity contribution in [1.82, 2.24) is 14.8 Å². The number of aromatic nitrogens is 1.